The summed E-state index contributed by atoms with van der Waals surface area (Å²) in [6, 6.07) is 0. The lowest BCUT2D eigenvalue weighted by Crippen LogP contribution is -2.07. The molecule has 0 N–H and O–H groups in total. The predicted octanol–water partition coefficient (Wildman–Crippen LogP) is 1.39. The van der Waals surface area contributed by atoms with Crippen LogP contribution in [0, 0.1) is 0 Å². The van der Waals surface area contributed by atoms with Crippen LogP contribution in [-0.4, -0.2) is 23.3 Å². The predicted molar refractivity (Wildman–Crippen MR) is 52.3 cm³/mol. The number of ketones is 1. The molecule has 0 aromatic heterocycles. The number of carbonyl (C=O) groups is 2. The summed E-state index contributed by atoms with van der Waals surface area (Å²) in [5, 5.41) is 3.54. The largest absolute Gasteiger partial charge is 0.349 e. The fraction of sp³-hybridized carbons (Fsp3) is 0.125. The van der Waals surface area contributed by atoms with Gasteiger partial charge in [0, 0.05) is 6.08 Å². The van der Waals surface area contributed by atoms with Gasteiger partial charge in [-0.2, -0.15) is 0 Å². The Morgan fingerprint density at radius 1 is 1.50 bits per heavy atom. The van der Waals surface area contributed by atoms with Crippen LogP contribution in [0.1, 0.15) is 0 Å². The van der Waals surface area contributed by atoms with E-state index in [0.717, 1.165) is 0 Å². The van der Waals surface area contributed by atoms with E-state index in [0.29, 0.717) is 0 Å². The number of halogens is 2. The molecule has 0 bridgehead atoms. The van der Waals surface area contributed by atoms with Crippen molar-refractivity contribution >= 4 is 40.7 Å². The Labute approximate surface area is 89.8 Å². The van der Waals surface area contributed by atoms with E-state index in [1.165, 1.54) is 18.2 Å². The van der Waals surface area contributed by atoms with E-state index in [1.807, 2.05) is 0 Å². The zero-order chi connectivity index (χ0) is 10.6. The normalized spacial score (nSPS) is 18.3. The first-order valence-electron chi connectivity index (χ1n) is 3.57. The third-order valence-corrected chi connectivity index (χ3v) is 1.80. The lowest BCUT2D eigenvalue weighted by Gasteiger charge is -2.02. The van der Waals surface area contributed by atoms with Crippen LogP contribution in [0.4, 0.5) is 0 Å². The van der Waals surface area contributed by atoms with Crippen LogP contribution in [0.2, 0.25) is 0 Å². The highest BCUT2D eigenvalue weighted by molar-refractivity contribution is 6.48. The molecule has 0 saturated carbocycles. The molecule has 0 amide bonds. The molecule has 0 aromatic carbocycles. The van der Waals surface area contributed by atoms with E-state index in [-0.39, 0.29) is 22.4 Å². The maximum atomic E-state index is 10.8. The van der Waals surface area contributed by atoms with Gasteiger partial charge in [-0.3, -0.25) is 4.79 Å². The Bertz CT molecular complexity index is 358. The molecule has 74 valence electrons. The third kappa shape index (κ3) is 2.97. The molecule has 1 rings (SSSR count). The van der Waals surface area contributed by atoms with Gasteiger partial charge in [-0.05, 0) is 12.2 Å². The number of carbonyl (C=O) groups excluding carboxylic acids is 2. The molecule has 0 spiro atoms. The molecule has 0 atom stereocenters. The van der Waals surface area contributed by atoms with Crippen molar-refractivity contribution in [3.8, 4) is 0 Å². The fourth-order valence-corrected chi connectivity index (χ4v) is 0.940. The van der Waals surface area contributed by atoms with Crippen molar-refractivity contribution in [1.82, 2.24) is 0 Å². The summed E-state index contributed by atoms with van der Waals surface area (Å²) in [4.78, 5) is 25.8. The summed E-state index contributed by atoms with van der Waals surface area (Å²) in [7, 11) is 0. The first-order valence-corrected chi connectivity index (χ1v) is 4.48. The second kappa shape index (κ2) is 4.93. The van der Waals surface area contributed by atoms with Crippen molar-refractivity contribution in [3.63, 3.8) is 0 Å². The van der Waals surface area contributed by atoms with Crippen LogP contribution in [0.5, 0.6) is 0 Å². The Morgan fingerprint density at radius 3 is 2.79 bits per heavy atom. The minimum Gasteiger partial charge on any atom is -0.316 e. The Balaban J connectivity index is 2.70. The first-order chi connectivity index (χ1) is 6.63. The molecule has 0 aliphatic heterocycles. The highest BCUT2D eigenvalue weighted by Gasteiger charge is 2.10. The maximum absolute atomic E-state index is 10.8. The van der Waals surface area contributed by atoms with Gasteiger partial charge in [0.05, 0.1) is 5.03 Å². The number of alkyl halides is 1. The van der Waals surface area contributed by atoms with E-state index in [9.17, 15) is 9.59 Å². The number of allylic oxidation sites excluding steroid dienone is 4. The topological polar surface area (TPSA) is 55.7 Å². The minimum atomic E-state index is -0.686. The Kier molecular flexibility index (Phi) is 3.85. The zero-order valence-corrected chi connectivity index (χ0v) is 8.38. The van der Waals surface area contributed by atoms with E-state index < -0.39 is 5.97 Å². The third-order valence-electron chi connectivity index (χ3n) is 1.27. The first kappa shape index (κ1) is 10.9. The summed E-state index contributed by atoms with van der Waals surface area (Å²) in [5.74, 6) is -1.22. The van der Waals surface area contributed by atoms with Crippen LogP contribution in [0.25, 0.3) is 0 Å². The van der Waals surface area contributed by atoms with Crippen LogP contribution < -0.4 is 0 Å². The summed E-state index contributed by atoms with van der Waals surface area (Å²) < 4.78 is 0. The van der Waals surface area contributed by atoms with Crippen molar-refractivity contribution in [3.05, 3.63) is 23.3 Å². The second-order valence-electron chi connectivity index (χ2n) is 2.30. The Hall–Kier alpha value is -1.13. The van der Waals surface area contributed by atoms with Crippen molar-refractivity contribution in [2.24, 2.45) is 5.16 Å². The Morgan fingerprint density at radius 2 is 2.21 bits per heavy atom. The SMILES string of the molecule is O=C1C=CC(=NOC(=O)CCl)C(Cl)=C1. The summed E-state index contributed by atoms with van der Waals surface area (Å²) in [6.45, 7) is 0. The van der Waals surface area contributed by atoms with Crippen molar-refractivity contribution < 1.29 is 14.4 Å². The number of rotatable bonds is 2. The highest BCUT2D eigenvalue weighted by atomic mass is 35.5. The molecule has 0 aromatic rings. The molecule has 1 aliphatic rings. The summed E-state index contributed by atoms with van der Waals surface area (Å²) in [5.41, 5.74) is 0.213. The van der Waals surface area contributed by atoms with Gasteiger partial charge in [-0.25, -0.2) is 4.79 Å². The molecule has 0 unspecified atom stereocenters. The van der Waals surface area contributed by atoms with Gasteiger partial charge in [0.25, 0.3) is 0 Å². The lowest BCUT2D eigenvalue weighted by molar-refractivity contribution is -0.140. The van der Waals surface area contributed by atoms with Gasteiger partial charge in [0.15, 0.2) is 5.78 Å². The average Bonchev–Trinajstić information content (AvgIpc) is 2.16. The van der Waals surface area contributed by atoms with Gasteiger partial charge in [0.1, 0.15) is 11.6 Å². The summed E-state index contributed by atoms with van der Waals surface area (Å²) >= 11 is 10.8. The number of hydrogen-bond donors (Lipinski definition) is 0. The molecule has 14 heavy (non-hydrogen) atoms. The molecule has 0 fully saturated rings. The number of hydrogen-bond acceptors (Lipinski definition) is 4. The van der Waals surface area contributed by atoms with Gasteiger partial charge < -0.3 is 4.84 Å². The lowest BCUT2D eigenvalue weighted by atomic mass is 10.2. The fourth-order valence-electron chi connectivity index (χ4n) is 0.686. The minimum absolute atomic E-state index is 0.125. The average molecular weight is 234 g/mol. The number of nitrogens with zero attached hydrogens (tertiary/aromatic N) is 1. The molecule has 0 heterocycles. The highest BCUT2D eigenvalue weighted by Crippen LogP contribution is 2.11. The molecule has 1 aliphatic carbocycles. The molecular formula is C8H5Cl2NO3. The van der Waals surface area contributed by atoms with E-state index >= 15 is 0 Å². The van der Waals surface area contributed by atoms with Crippen molar-refractivity contribution in [1.29, 1.82) is 0 Å². The number of oxime groups is 1. The van der Waals surface area contributed by atoms with Gasteiger partial charge in [0.2, 0.25) is 0 Å². The maximum Gasteiger partial charge on any atom is 0.349 e. The monoisotopic (exact) mass is 233 g/mol. The van der Waals surface area contributed by atoms with Crippen LogP contribution >= 0.6 is 23.2 Å². The molecule has 6 heteroatoms. The van der Waals surface area contributed by atoms with E-state index in [2.05, 4.69) is 9.99 Å². The molecular weight excluding hydrogens is 229 g/mol. The van der Waals surface area contributed by atoms with Gasteiger partial charge in [-0.1, -0.05) is 16.8 Å². The zero-order valence-electron chi connectivity index (χ0n) is 6.87. The quantitative estimate of drug-likeness (QED) is 0.314. The van der Waals surface area contributed by atoms with Crippen LogP contribution in [0.15, 0.2) is 28.4 Å². The van der Waals surface area contributed by atoms with Crippen molar-refractivity contribution in [2.75, 3.05) is 5.88 Å². The smallest absolute Gasteiger partial charge is 0.316 e. The summed E-state index contributed by atoms with van der Waals surface area (Å²) in [6.07, 6.45) is 3.79. The molecule has 0 saturated heterocycles. The van der Waals surface area contributed by atoms with Gasteiger partial charge >= 0.3 is 5.97 Å². The van der Waals surface area contributed by atoms with E-state index in [4.69, 9.17) is 23.2 Å². The van der Waals surface area contributed by atoms with E-state index in [1.54, 1.807) is 0 Å². The molecule has 4 nitrogen and oxygen atoms in total. The van der Waals surface area contributed by atoms with Crippen LogP contribution in [0.3, 0.4) is 0 Å². The van der Waals surface area contributed by atoms with Crippen LogP contribution in [-0.2, 0) is 14.4 Å². The van der Waals surface area contributed by atoms with Gasteiger partial charge in [-0.15, -0.1) is 11.6 Å². The second-order valence-corrected chi connectivity index (χ2v) is 2.98. The molecule has 0 radical (unpaired) electrons. The van der Waals surface area contributed by atoms with Crippen molar-refractivity contribution in [2.45, 2.75) is 0 Å². The standard InChI is InChI=1S/C8H5Cl2NO3/c9-4-8(13)14-11-7-2-1-5(12)3-6(7)10/h1-3H,4H2.